The zero-order valence-electron chi connectivity index (χ0n) is 41.4. The molecule has 0 amide bonds. The molecule has 0 unspecified atom stereocenters. The van der Waals surface area contributed by atoms with Crippen molar-refractivity contribution in [3.63, 3.8) is 0 Å². The van der Waals surface area contributed by atoms with E-state index in [4.69, 9.17) is 39.4 Å². The van der Waals surface area contributed by atoms with Gasteiger partial charge >= 0.3 is 0 Å². The fourth-order valence-corrected chi connectivity index (χ4v) is 6.61. The molecule has 4 N–H and O–H groups in total. The molecule has 0 saturated heterocycles. The van der Waals surface area contributed by atoms with Crippen LogP contribution in [-0.4, -0.2) is 68.3 Å². The first kappa shape index (κ1) is 61.6. The van der Waals surface area contributed by atoms with Crippen LogP contribution in [0.15, 0.2) is 225 Å². The van der Waals surface area contributed by atoms with Crippen LogP contribution in [0.5, 0.6) is 46.0 Å². The second kappa shape index (κ2) is 35.4. The fourth-order valence-electron chi connectivity index (χ4n) is 6.61. The number of pyridine rings is 4. The summed E-state index contributed by atoms with van der Waals surface area (Å²) >= 11 is 0. The Labute approximate surface area is 465 Å². The Balaban J connectivity index is 0.000000254. The summed E-state index contributed by atoms with van der Waals surface area (Å²) in [7, 11) is 3.00. The molecule has 75 heavy (non-hydrogen) atoms. The minimum atomic E-state index is 0. The van der Waals surface area contributed by atoms with Gasteiger partial charge in [0.25, 0.3) is 0 Å². The minimum absolute atomic E-state index is 0. The first-order chi connectivity index (χ1) is 36.2. The molecular formula is C61H55Ir2N4O8-3. The zero-order valence-corrected chi connectivity index (χ0v) is 46.2. The van der Waals surface area contributed by atoms with Crippen LogP contribution in [0, 0.1) is 18.2 Å². The molecule has 388 valence electrons. The van der Waals surface area contributed by atoms with Gasteiger partial charge in [-0.15, -0.1) is 60.2 Å². The fraction of sp³-hybridized carbons (Fsp3) is 0.0820. The van der Waals surface area contributed by atoms with Crippen LogP contribution < -0.4 is 18.9 Å². The Morgan fingerprint density at radius 2 is 0.693 bits per heavy atom. The summed E-state index contributed by atoms with van der Waals surface area (Å²) in [5.74, 6) is 5.53. The van der Waals surface area contributed by atoms with Crippen LogP contribution in [0.3, 0.4) is 0 Å². The number of hydrogen-bond donors (Lipinski definition) is 4. The van der Waals surface area contributed by atoms with Gasteiger partial charge in [-0.25, -0.2) is 0 Å². The van der Waals surface area contributed by atoms with E-state index >= 15 is 0 Å². The average Bonchev–Trinajstić information content (AvgIpc) is 3.49. The molecule has 0 atom stereocenters. The standard InChI is InChI=1S/2C17H10NO2.C11H9N.C11H8N.C2H6O.3CH4O.2Ir/c2*1-2-9-15-14(8-1)19-16-10-5-6-12(17(16)20-15)13-7-3-4-11-18-13;2*1-2-6-10(7-3-1)11-8-4-5-9-12-11;1-2-3;3*1-2;;/h2*1-5,7-11H;1-9H;1-6,8-9H;3H,2H2,1H3;3*2H,1H3;;/q2*-1;;-1;;;;;;. The summed E-state index contributed by atoms with van der Waals surface area (Å²) in [6, 6.07) is 73.3. The van der Waals surface area contributed by atoms with Gasteiger partial charge in [-0.3, -0.25) is 4.98 Å². The number of benzene rings is 6. The van der Waals surface area contributed by atoms with Crippen LogP contribution in [0.25, 0.3) is 45.0 Å². The maximum Gasteiger partial charge on any atom is 0.166 e. The van der Waals surface area contributed by atoms with E-state index in [1.54, 1.807) is 25.5 Å². The van der Waals surface area contributed by atoms with Gasteiger partial charge in [0.05, 0.1) is 28.7 Å². The van der Waals surface area contributed by atoms with E-state index in [0.717, 1.165) is 77.9 Å². The molecule has 0 spiro atoms. The van der Waals surface area contributed by atoms with E-state index in [1.165, 1.54) is 0 Å². The summed E-state index contributed by atoms with van der Waals surface area (Å²) in [5, 5.41) is 28.6. The van der Waals surface area contributed by atoms with Crippen molar-refractivity contribution in [3.8, 4) is 91.0 Å². The summed E-state index contributed by atoms with van der Waals surface area (Å²) in [6.45, 7) is 1.93. The first-order valence-corrected chi connectivity index (χ1v) is 22.8. The Morgan fingerprint density at radius 1 is 0.347 bits per heavy atom. The molecular weight excluding hydrogens is 1300 g/mol. The summed E-state index contributed by atoms with van der Waals surface area (Å²) in [5.41, 5.74) is 7.43. The van der Waals surface area contributed by atoms with Gasteiger partial charge in [-0.05, 0) is 78.6 Å². The van der Waals surface area contributed by atoms with E-state index in [9.17, 15) is 0 Å². The number of hydrogen-bond acceptors (Lipinski definition) is 12. The molecule has 2 aliphatic rings. The quantitative estimate of drug-likeness (QED) is 0.123. The van der Waals surface area contributed by atoms with Gasteiger partial charge in [0.2, 0.25) is 0 Å². The average molecular weight is 1360 g/mol. The van der Waals surface area contributed by atoms with Gasteiger partial charge in [-0.2, -0.15) is 0 Å². The smallest absolute Gasteiger partial charge is 0.166 e. The van der Waals surface area contributed by atoms with Crippen LogP contribution in [0.1, 0.15) is 6.92 Å². The Hall–Kier alpha value is -7.74. The van der Waals surface area contributed by atoms with Crippen molar-refractivity contribution in [2.24, 2.45) is 0 Å². The molecule has 0 fully saturated rings. The van der Waals surface area contributed by atoms with Crippen LogP contribution in [-0.2, 0) is 40.2 Å². The molecule has 0 bridgehead atoms. The van der Waals surface area contributed by atoms with Crippen LogP contribution in [0.2, 0.25) is 0 Å². The maximum atomic E-state index is 7.57. The molecule has 2 aliphatic heterocycles. The van der Waals surface area contributed by atoms with Crippen molar-refractivity contribution >= 4 is 0 Å². The van der Waals surface area contributed by atoms with Gasteiger partial charge in [0.1, 0.15) is 0 Å². The summed E-state index contributed by atoms with van der Waals surface area (Å²) < 4.78 is 23.7. The SMILES string of the molecule is CCO.CO.CO.CO.[Ir].[Ir].[c-]1ccc2c(c1-c1ccccn1)Oc1ccccc1O2.[c-]1ccc2c(c1-c1ccccn1)Oc1ccccc1O2.[c-]1ccccc1-c1ccccn1.c1ccc(-c2ccccn2)cc1. The van der Waals surface area contributed by atoms with E-state index in [2.05, 4.69) is 50.3 Å². The Kier molecular flexibility index (Phi) is 29.1. The third-order valence-corrected chi connectivity index (χ3v) is 9.62. The predicted molar refractivity (Wildman–Crippen MR) is 286 cm³/mol. The number of aliphatic hydroxyl groups is 4. The molecule has 14 heteroatoms. The normalized spacial score (nSPS) is 9.87. The molecule has 6 heterocycles. The summed E-state index contributed by atoms with van der Waals surface area (Å²) in [4.78, 5) is 17.2. The van der Waals surface area contributed by atoms with Crippen molar-refractivity contribution < 1.29 is 79.6 Å². The molecule has 2 radical (unpaired) electrons. The maximum absolute atomic E-state index is 7.57. The van der Waals surface area contributed by atoms with Crippen molar-refractivity contribution in [3.05, 3.63) is 243 Å². The molecule has 6 aromatic carbocycles. The number of aromatic nitrogens is 4. The molecule has 10 aromatic rings. The number of nitrogens with zero attached hydrogens (tertiary/aromatic N) is 4. The minimum Gasteiger partial charge on any atom is -0.494 e. The molecule has 12 nitrogen and oxygen atoms in total. The molecule has 0 saturated carbocycles. The predicted octanol–water partition coefficient (Wildman–Crippen LogP) is 13.0. The van der Waals surface area contributed by atoms with E-state index < -0.39 is 0 Å². The first-order valence-electron chi connectivity index (χ1n) is 22.8. The van der Waals surface area contributed by atoms with Gasteiger partial charge < -0.3 is 54.3 Å². The third-order valence-electron chi connectivity index (χ3n) is 9.62. The van der Waals surface area contributed by atoms with Gasteiger partial charge in [-0.1, -0.05) is 120 Å². The molecule has 12 rings (SSSR count). The number of para-hydroxylation sites is 4. The number of fused-ring (bicyclic) bond motifs is 4. The Bertz CT molecular complexity index is 2800. The second-order valence-electron chi connectivity index (χ2n) is 14.2. The van der Waals surface area contributed by atoms with Crippen LogP contribution in [0.4, 0.5) is 0 Å². The van der Waals surface area contributed by atoms with Crippen molar-refractivity contribution in [1.29, 1.82) is 0 Å². The topological polar surface area (TPSA) is 169 Å². The van der Waals surface area contributed by atoms with Gasteiger partial charge in [0.15, 0.2) is 23.0 Å². The van der Waals surface area contributed by atoms with Crippen molar-refractivity contribution in [2.75, 3.05) is 27.9 Å². The third kappa shape index (κ3) is 18.3. The number of ether oxygens (including phenoxy) is 4. The second-order valence-corrected chi connectivity index (χ2v) is 14.2. The monoisotopic (exact) mass is 1360 g/mol. The number of aliphatic hydroxyl groups excluding tert-OH is 4. The summed E-state index contributed by atoms with van der Waals surface area (Å²) in [6.07, 6.45) is 7.10. The van der Waals surface area contributed by atoms with Crippen molar-refractivity contribution in [2.45, 2.75) is 6.92 Å². The van der Waals surface area contributed by atoms with Gasteiger partial charge in [0, 0.05) is 98.5 Å². The molecule has 0 aliphatic carbocycles. The Morgan fingerprint density at radius 3 is 1.07 bits per heavy atom. The van der Waals surface area contributed by atoms with Crippen LogP contribution >= 0.6 is 0 Å². The van der Waals surface area contributed by atoms with E-state index in [0.29, 0.717) is 34.5 Å². The van der Waals surface area contributed by atoms with E-state index in [-0.39, 0.29) is 46.8 Å². The van der Waals surface area contributed by atoms with Crippen molar-refractivity contribution in [1.82, 2.24) is 19.9 Å². The molecule has 4 aromatic heterocycles. The largest absolute Gasteiger partial charge is 0.494 e. The number of rotatable bonds is 4. The van der Waals surface area contributed by atoms with E-state index in [1.807, 2.05) is 194 Å². The zero-order chi connectivity index (χ0) is 51.9.